The van der Waals surface area contributed by atoms with Gasteiger partial charge in [0.2, 0.25) is 0 Å². The summed E-state index contributed by atoms with van der Waals surface area (Å²) >= 11 is 0. The number of urea groups is 1. The number of anilines is 3. The Morgan fingerprint density at radius 2 is 1.81 bits per heavy atom. The molecule has 3 N–H and O–H groups in total. The molecule has 0 atom stereocenters. The van der Waals surface area contributed by atoms with Crippen molar-refractivity contribution in [3.8, 4) is 0 Å². The summed E-state index contributed by atoms with van der Waals surface area (Å²) in [6.45, 7) is 8.19. The molecule has 1 saturated heterocycles. The Bertz CT molecular complexity index is 1340. The van der Waals surface area contributed by atoms with E-state index in [4.69, 9.17) is 9.90 Å². The van der Waals surface area contributed by atoms with Gasteiger partial charge in [0.1, 0.15) is 5.82 Å². The van der Waals surface area contributed by atoms with Gasteiger partial charge in [-0.2, -0.15) is 13.2 Å². The van der Waals surface area contributed by atoms with Gasteiger partial charge in [0, 0.05) is 68.6 Å². The number of hydrogen-bond acceptors (Lipinski definition) is 6. The van der Waals surface area contributed by atoms with Crippen LogP contribution in [0.3, 0.4) is 0 Å². The fourth-order valence-electron chi connectivity index (χ4n) is 4.40. The molecule has 0 aromatic carbocycles. The van der Waals surface area contributed by atoms with Gasteiger partial charge in [-0.1, -0.05) is 0 Å². The molecular formula is C23H25F4N7O3. The van der Waals surface area contributed by atoms with Crippen LogP contribution >= 0.6 is 0 Å². The Balaban J connectivity index is 0.000000405. The highest BCUT2D eigenvalue weighted by atomic mass is 19.4. The van der Waals surface area contributed by atoms with Crippen molar-refractivity contribution >= 4 is 34.8 Å². The number of piperazine rings is 1. The normalized spacial score (nSPS) is 15.3. The molecule has 1 fully saturated rings. The summed E-state index contributed by atoms with van der Waals surface area (Å²) in [5, 5.41) is 13.3. The molecule has 2 amide bonds. The smallest absolute Gasteiger partial charge is 0.475 e. The summed E-state index contributed by atoms with van der Waals surface area (Å²) in [7, 11) is 0. The van der Waals surface area contributed by atoms with Crippen molar-refractivity contribution in [2.24, 2.45) is 0 Å². The van der Waals surface area contributed by atoms with Gasteiger partial charge >= 0.3 is 18.2 Å². The molecule has 0 unspecified atom stereocenters. The topological polar surface area (TPSA) is 115 Å². The maximum Gasteiger partial charge on any atom is 0.490 e. The standard InChI is InChI=1S/C21H24FN7O.C2HF3O2/c1-13-10-24-19-16(18(13)27-7-4-23-5-8-27)3-6-29(19)21(30)26-15-9-17(22)20-25-14(2)11-28(20)12-15;3-2(4,5)1(6)7/h9-12,23H,3-8H2,1-2H3,(H,26,30);(H,6,7). The van der Waals surface area contributed by atoms with Gasteiger partial charge in [-0.05, 0) is 25.8 Å². The van der Waals surface area contributed by atoms with E-state index in [0.29, 0.717) is 23.7 Å². The average Bonchev–Trinajstić information content (AvgIpc) is 3.42. The third-order valence-electron chi connectivity index (χ3n) is 5.95. The summed E-state index contributed by atoms with van der Waals surface area (Å²) in [5.74, 6) is -2.54. The molecule has 37 heavy (non-hydrogen) atoms. The summed E-state index contributed by atoms with van der Waals surface area (Å²) in [6, 6.07) is 0.984. The van der Waals surface area contributed by atoms with E-state index < -0.39 is 18.0 Å². The molecule has 5 rings (SSSR count). The van der Waals surface area contributed by atoms with E-state index in [1.807, 2.05) is 6.20 Å². The molecule has 3 aromatic heterocycles. The van der Waals surface area contributed by atoms with E-state index in [1.54, 1.807) is 28.6 Å². The second-order valence-electron chi connectivity index (χ2n) is 8.65. The maximum atomic E-state index is 14.4. The number of aliphatic carboxylic acids is 1. The highest BCUT2D eigenvalue weighted by molar-refractivity contribution is 6.03. The zero-order valence-corrected chi connectivity index (χ0v) is 20.1. The van der Waals surface area contributed by atoms with E-state index in [-0.39, 0.29) is 11.7 Å². The summed E-state index contributed by atoms with van der Waals surface area (Å²) in [6.07, 6.45) is 0.901. The number of fused-ring (bicyclic) bond motifs is 2. The van der Waals surface area contributed by atoms with Crippen LogP contribution in [0.25, 0.3) is 5.65 Å². The van der Waals surface area contributed by atoms with Crippen molar-refractivity contribution in [1.29, 1.82) is 0 Å². The van der Waals surface area contributed by atoms with Crippen LogP contribution in [-0.2, 0) is 11.2 Å². The molecule has 0 radical (unpaired) electrons. The first-order chi connectivity index (χ1) is 17.5. The molecule has 198 valence electrons. The molecule has 0 aliphatic carbocycles. The van der Waals surface area contributed by atoms with Crippen LogP contribution in [0.2, 0.25) is 0 Å². The number of imidazole rings is 1. The number of carboxylic acid groups (broad SMARTS) is 1. The van der Waals surface area contributed by atoms with Crippen molar-refractivity contribution in [2.45, 2.75) is 26.4 Å². The molecule has 10 nitrogen and oxygen atoms in total. The Kier molecular flexibility index (Phi) is 7.21. The highest BCUT2D eigenvalue weighted by Crippen LogP contribution is 2.36. The van der Waals surface area contributed by atoms with Crippen LogP contribution < -0.4 is 20.4 Å². The van der Waals surface area contributed by atoms with Gasteiger partial charge in [-0.3, -0.25) is 4.90 Å². The number of alkyl halides is 3. The van der Waals surface area contributed by atoms with Crippen LogP contribution in [0, 0.1) is 19.7 Å². The van der Waals surface area contributed by atoms with Crippen LogP contribution in [0.1, 0.15) is 16.8 Å². The zero-order chi connectivity index (χ0) is 26.9. The minimum Gasteiger partial charge on any atom is -0.475 e. The minimum atomic E-state index is -5.08. The number of amides is 2. The number of nitrogens with one attached hydrogen (secondary N) is 2. The second kappa shape index (κ2) is 10.2. The first-order valence-corrected chi connectivity index (χ1v) is 11.4. The SMILES string of the molecule is Cc1cn2cc(NC(=O)N3CCc4c3ncc(C)c4N3CCNCC3)cc(F)c2n1.O=C(O)C(F)(F)F. The number of carbonyl (C=O) groups is 2. The van der Waals surface area contributed by atoms with Crippen LogP contribution in [-0.4, -0.2) is 70.4 Å². The van der Waals surface area contributed by atoms with Crippen LogP contribution in [0.5, 0.6) is 0 Å². The summed E-state index contributed by atoms with van der Waals surface area (Å²) in [4.78, 5) is 34.6. The number of aryl methyl sites for hydroxylation is 2. The van der Waals surface area contributed by atoms with Crippen LogP contribution in [0.15, 0.2) is 24.7 Å². The summed E-state index contributed by atoms with van der Waals surface area (Å²) < 4.78 is 47.7. The average molecular weight is 523 g/mol. The highest BCUT2D eigenvalue weighted by Gasteiger charge is 2.38. The number of pyridine rings is 2. The lowest BCUT2D eigenvalue weighted by Crippen LogP contribution is -2.44. The fourth-order valence-corrected chi connectivity index (χ4v) is 4.40. The Morgan fingerprint density at radius 1 is 1.14 bits per heavy atom. The third-order valence-corrected chi connectivity index (χ3v) is 5.95. The Hall–Kier alpha value is -3.94. The van der Waals surface area contributed by atoms with Crippen molar-refractivity contribution < 1.29 is 32.3 Å². The first-order valence-electron chi connectivity index (χ1n) is 11.4. The Morgan fingerprint density at radius 3 is 2.46 bits per heavy atom. The van der Waals surface area contributed by atoms with Gasteiger partial charge < -0.3 is 25.0 Å². The molecule has 0 spiro atoms. The number of halogens is 4. The molecule has 5 heterocycles. The van der Waals surface area contributed by atoms with Crippen molar-refractivity contribution in [3.05, 3.63) is 47.3 Å². The molecule has 0 saturated carbocycles. The van der Waals surface area contributed by atoms with Gasteiger partial charge in [0.05, 0.1) is 11.4 Å². The third kappa shape index (κ3) is 5.58. The quantitative estimate of drug-likeness (QED) is 0.442. The van der Waals surface area contributed by atoms with E-state index >= 15 is 0 Å². The van der Waals surface area contributed by atoms with E-state index in [1.165, 1.54) is 11.8 Å². The minimum absolute atomic E-state index is 0.245. The maximum absolute atomic E-state index is 14.4. The molecule has 0 bridgehead atoms. The zero-order valence-electron chi connectivity index (χ0n) is 20.1. The predicted molar refractivity (Wildman–Crippen MR) is 128 cm³/mol. The lowest BCUT2D eigenvalue weighted by molar-refractivity contribution is -0.192. The molecule has 2 aliphatic heterocycles. The van der Waals surface area contributed by atoms with Gasteiger partial charge in [-0.25, -0.2) is 23.9 Å². The van der Waals surface area contributed by atoms with E-state index in [0.717, 1.165) is 43.7 Å². The fraction of sp³-hybridized carbons (Fsp3) is 0.391. The van der Waals surface area contributed by atoms with E-state index in [9.17, 15) is 22.4 Å². The summed E-state index contributed by atoms with van der Waals surface area (Å²) in [5.41, 5.74) is 4.77. The number of hydrogen-bond donors (Lipinski definition) is 3. The molecule has 2 aliphatic rings. The van der Waals surface area contributed by atoms with Gasteiger partial charge in [0.15, 0.2) is 11.5 Å². The predicted octanol–water partition coefficient (Wildman–Crippen LogP) is 3.12. The van der Waals surface area contributed by atoms with Crippen molar-refractivity contribution in [3.63, 3.8) is 0 Å². The first kappa shape index (κ1) is 26.1. The molecular weight excluding hydrogens is 498 g/mol. The number of carbonyl (C=O) groups excluding carboxylic acids is 1. The number of aromatic nitrogens is 3. The van der Waals surface area contributed by atoms with Gasteiger partial charge in [-0.15, -0.1) is 0 Å². The Labute approximate surface area is 208 Å². The number of rotatable bonds is 2. The molecule has 3 aromatic rings. The van der Waals surface area contributed by atoms with Gasteiger partial charge in [0.25, 0.3) is 0 Å². The number of nitrogens with zero attached hydrogens (tertiary/aromatic N) is 5. The largest absolute Gasteiger partial charge is 0.490 e. The lowest BCUT2D eigenvalue weighted by Gasteiger charge is -2.32. The van der Waals surface area contributed by atoms with Crippen molar-refractivity contribution in [2.75, 3.05) is 47.8 Å². The molecule has 14 heteroatoms. The second-order valence-corrected chi connectivity index (χ2v) is 8.65. The lowest BCUT2D eigenvalue weighted by atomic mass is 10.1. The number of carboxylic acids is 1. The monoisotopic (exact) mass is 523 g/mol. The van der Waals surface area contributed by atoms with Crippen molar-refractivity contribution in [1.82, 2.24) is 19.7 Å². The van der Waals surface area contributed by atoms with E-state index in [2.05, 4.69) is 32.4 Å². The van der Waals surface area contributed by atoms with Crippen LogP contribution in [0.4, 0.5) is 39.5 Å².